The monoisotopic (exact) mass is 748 g/mol. The summed E-state index contributed by atoms with van der Waals surface area (Å²) in [6.07, 6.45) is -5.99. The lowest BCUT2D eigenvalue weighted by Crippen LogP contribution is -2.62. The number of aliphatic imine (C=N–C) groups is 1. The number of esters is 4. The summed E-state index contributed by atoms with van der Waals surface area (Å²) in [5.74, 6) is -2.40. The third-order valence-corrected chi connectivity index (χ3v) is 7.96. The van der Waals surface area contributed by atoms with Gasteiger partial charge in [-0.05, 0) is 47.9 Å². The van der Waals surface area contributed by atoms with Crippen molar-refractivity contribution < 1.29 is 61.9 Å². The molecule has 1 saturated heterocycles. The van der Waals surface area contributed by atoms with Gasteiger partial charge in [-0.2, -0.15) is 0 Å². The fraction of sp³-hybridized carbons (Fsp3) is 0.385. The molecule has 15 nitrogen and oxygen atoms in total. The lowest BCUT2D eigenvalue weighted by atomic mass is 9.96. The van der Waals surface area contributed by atoms with E-state index in [4.69, 9.17) is 37.9 Å². The first kappa shape index (κ1) is 41.0. The van der Waals surface area contributed by atoms with Crippen LogP contribution in [0.2, 0.25) is 0 Å². The van der Waals surface area contributed by atoms with Crippen LogP contribution in [0, 0.1) is 0 Å². The molecular weight excluding hydrogens is 704 g/mol. The largest absolute Gasteiger partial charge is 0.497 e. The van der Waals surface area contributed by atoms with Crippen molar-refractivity contribution in [1.29, 1.82) is 0 Å². The second-order valence-corrected chi connectivity index (χ2v) is 12.2. The molecule has 54 heavy (non-hydrogen) atoms. The van der Waals surface area contributed by atoms with Crippen molar-refractivity contribution >= 4 is 36.2 Å². The summed E-state index contributed by atoms with van der Waals surface area (Å²) < 4.78 is 45.2. The van der Waals surface area contributed by atoms with E-state index < -0.39 is 79.4 Å². The molecule has 0 bridgehead atoms. The number of alkyl carbamates (subject to hydrolysis) is 1. The predicted molar refractivity (Wildman–Crippen MR) is 191 cm³/mol. The molecule has 0 radical (unpaired) electrons. The van der Waals surface area contributed by atoms with Gasteiger partial charge in [0.2, 0.25) is 0 Å². The lowest BCUT2D eigenvalue weighted by molar-refractivity contribution is -0.283. The van der Waals surface area contributed by atoms with Crippen LogP contribution in [0.3, 0.4) is 0 Å². The van der Waals surface area contributed by atoms with Gasteiger partial charge >= 0.3 is 30.0 Å². The number of ether oxygens (including phenoxy) is 8. The van der Waals surface area contributed by atoms with Crippen LogP contribution in [0.25, 0.3) is 0 Å². The molecule has 0 aromatic heterocycles. The Morgan fingerprint density at radius 2 is 1.33 bits per heavy atom. The van der Waals surface area contributed by atoms with Crippen molar-refractivity contribution in [3.8, 4) is 5.75 Å². The molecule has 1 amide bonds. The van der Waals surface area contributed by atoms with Crippen molar-refractivity contribution in [2.75, 3.05) is 13.7 Å². The first-order valence-corrected chi connectivity index (χ1v) is 17.1. The Morgan fingerprint density at radius 3 is 1.89 bits per heavy atom. The van der Waals surface area contributed by atoms with Gasteiger partial charge in [0, 0.05) is 27.0 Å². The summed E-state index contributed by atoms with van der Waals surface area (Å²) in [5.41, 5.74) is 2.02. The molecule has 3 aromatic rings. The number of amides is 1. The molecule has 1 aliphatic rings. The Balaban J connectivity index is 1.67. The highest BCUT2D eigenvalue weighted by Gasteiger charge is 2.52. The molecule has 1 heterocycles. The van der Waals surface area contributed by atoms with E-state index in [-0.39, 0.29) is 13.2 Å². The predicted octanol–water partition coefficient (Wildman–Crippen LogP) is 4.08. The number of hydrogen-bond donors (Lipinski definition) is 1. The van der Waals surface area contributed by atoms with Crippen LogP contribution in [-0.4, -0.2) is 92.7 Å². The Labute approximate surface area is 312 Å². The zero-order valence-corrected chi connectivity index (χ0v) is 30.6. The van der Waals surface area contributed by atoms with Gasteiger partial charge in [0.05, 0.1) is 13.2 Å². The maximum Gasteiger partial charge on any atom is 0.408 e. The number of hydrogen-bond acceptors (Lipinski definition) is 14. The van der Waals surface area contributed by atoms with E-state index >= 15 is 0 Å². The number of carbonyl (C=O) groups excluding carboxylic acids is 5. The fourth-order valence-corrected chi connectivity index (χ4v) is 5.39. The molecule has 0 aliphatic carbocycles. The minimum absolute atomic E-state index is 0.0823. The average molecular weight is 749 g/mol. The molecule has 15 heteroatoms. The topological polar surface area (TPSA) is 184 Å². The Hall–Kier alpha value is -5.80. The summed E-state index contributed by atoms with van der Waals surface area (Å²) in [4.78, 5) is 68.0. The van der Waals surface area contributed by atoms with Crippen LogP contribution in [0.15, 0.2) is 89.9 Å². The smallest absolute Gasteiger partial charge is 0.408 e. The van der Waals surface area contributed by atoms with E-state index in [1.165, 1.54) is 27.2 Å². The van der Waals surface area contributed by atoms with E-state index in [1.807, 2.05) is 12.1 Å². The van der Waals surface area contributed by atoms with Crippen molar-refractivity contribution in [3.63, 3.8) is 0 Å². The number of nitrogens with zero attached hydrogens (tertiary/aromatic N) is 1. The minimum Gasteiger partial charge on any atom is -0.497 e. The fourth-order valence-electron chi connectivity index (χ4n) is 5.39. The summed E-state index contributed by atoms with van der Waals surface area (Å²) in [5, 5.41) is 2.54. The van der Waals surface area contributed by atoms with Crippen molar-refractivity contribution in [3.05, 3.63) is 102 Å². The van der Waals surface area contributed by atoms with E-state index in [9.17, 15) is 24.0 Å². The lowest BCUT2D eigenvalue weighted by Gasteiger charge is -2.44. The number of methoxy groups -OCH3 is 1. The second kappa shape index (κ2) is 20.4. The number of rotatable bonds is 16. The molecule has 3 aromatic carbocycles. The Morgan fingerprint density at radius 1 is 0.759 bits per heavy atom. The normalized spacial score (nSPS) is 20.5. The van der Waals surface area contributed by atoms with Gasteiger partial charge in [0.15, 0.2) is 24.5 Å². The standard InChI is InChI=1S/C39H44N2O13/c1-24(33(37(45)49-21-29-12-8-6-9-13-29)41-39(46)50-22-30-14-10-7-11-15-30)51-38-34(40-20-28-16-18-31(47-5)19-17-28)36(53-27(4)44)35(52-26(3)43)32(54-38)23-48-25(2)42/h6-20,24,32-36,38H,21-23H2,1-5H3,(H,41,46)/t24-,32-,33+,34-,35+,36-,38+/m1/s1. The first-order valence-electron chi connectivity index (χ1n) is 17.1. The van der Waals surface area contributed by atoms with Crippen LogP contribution in [0.1, 0.15) is 44.4 Å². The highest BCUT2D eigenvalue weighted by Crippen LogP contribution is 2.31. The summed E-state index contributed by atoms with van der Waals surface area (Å²) in [7, 11) is 1.53. The van der Waals surface area contributed by atoms with Gasteiger partial charge < -0.3 is 43.2 Å². The molecule has 4 rings (SSSR count). The van der Waals surface area contributed by atoms with Gasteiger partial charge in [-0.25, -0.2) is 9.59 Å². The average Bonchev–Trinajstić information content (AvgIpc) is 3.15. The molecule has 0 spiro atoms. The molecule has 1 N–H and O–H groups in total. The van der Waals surface area contributed by atoms with E-state index in [2.05, 4.69) is 10.3 Å². The van der Waals surface area contributed by atoms with Crippen molar-refractivity contribution in [2.24, 2.45) is 4.99 Å². The van der Waals surface area contributed by atoms with Crippen LogP contribution in [0.5, 0.6) is 5.75 Å². The van der Waals surface area contributed by atoms with Crippen molar-refractivity contribution in [2.45, 2.75) is 83.7 Å². The van der Waals surface area contributed by atoms with Gasteiger partial charge in [0.1, 0.15) is 37.7 Å². The van der Waals surface area contributed by atoms with Crippen molar-refractivity contribution in [1.82, 2.24) is 5.32 Å². The first-order chi connectivity index (χ1) is 25.9. The maximum absolute atomic E-state index is 13.6. The maximum atomic E-state index is 13.6. The molecule has 0 saturated carbocycles. The number of benzene rings is 3. The van der Waals surface area contributed by atoms with Crippen LogP contribution in [-0.2, 0) is 65.5 Å². The summed E-state index contributed by atoms with van der Waals surface area (Å²) in [6, 6.07) is 22.0. The molecule has 1 fully saturated rings. The summed E-state index contributed by atoms with van der Waals surface area (Å²) >= 11 is 0. The zero-order valence-electron chi connectivity index (χ0n) is 30.6. The SMILES string of the molecule is COc1ccc(C=N[C@H]2[C@@H](O[C@H](C)[C@H](NC(=O)OCc3ccccc3)C(=O)OCc3ccccc3)O[C@H](COC(C)=O)[C@H](OC(C)=O)[C@@H]2OC(C)=O)cc1. The highest BCUT2D eigenvalue weighted by molar-refractivity contribution is 5.82. The zero-order chi connectivity index (χ0) is 39.0. The van der Waals surface area contributed by atoms with E-state index in [0.29, 0.717) is 22.4 Å². The van der Waals surface area contributed by atoms with Gasteiger partial charge in [-0.15, -0.1) is 0 Å². The summed E-state index contributed by atoms with van der Waals surface area (Å²) in [6.45, 7) is 4.36. The quantitative estimate of drug-likeness (QED) is 0.126. The molecular formula is C39H44N2O13. The van der Waals surface area contributed by atoms with E-state index in [1.54, 1.807) is 72.8 Å². The van der Waals surface area contributed by atoms with Crippen LogP contribution >= 0.6 is 0 Å². The highest BCUT2D eigenvalue weighted by atomic mass is 16.7. The van der Waals surface area contributed by atoms with Gasteiger partial charge in [-0.3, -0.25) is 19.4 Å². The van der Waals surface area contributed by atoms with Crippen LogP contribution in [0.4, 0.5) is 4.79 Å². The van der Waals surface area contributed by atoms with E-state index in [0.717, 1.165) is 13.8 Å². The second-order valence-electron chi connectivity index (χ2n) is 12.2. The van der Waals surface area contributed by atoms with Gasteiger partial charge in [-0.1, -0.05) is 60.7 Å². The third kappa shape index (κ3) is 12.7. The van der Waals surface area contributed by atoms with Gasteiger partial charge in [0.25, 0.3) is 0 Å². The molecule has 288 valence electrons. The third-order valence-electron chi connectivity index (χ3n) is 7.96. The Kier molecular flexibility index (Phi) is 15.5. The minimum atomic E-state index is -1.46. The molecule has 1 aliphatic heterocycles. The Bertz CT molecular complexity index is 1720. The number of nitrogens with one attached hydrogen (secondary N) is 1. The van der Waals surface area contributed by atoms with Crippen LogP contribution < -0.4 is 10.1 Å². The number of carbonyl (C=O) groups is 5. The molecule has 7 atom stereocenters. The molecule has 0 unspecified atom stereocenters.